The van der Waals surface area contributed by atoms with Gasteiger partial charge in [0.15, 0.2) is 0 Å². The van der Waals surface area contributed by atoms with Crippen LogP contribution in [0.3, 0.4) is 0 Å². The average molecular weight is 302 g/mol. The molecule has 0 bridgehead atoms. The van der Waals surface area contributed by atoms with Gasteiger partial charge in [0.25, 0.3) is 0 Å². The maximum Gasteiger partial charge on any atom is 0.307 e. The third-order valence-electron chi connectivity index (χ3n) is 5.03. The van der Waals surface area contributed by atoms with Crippen LogP contribution in [0.1, 0.15) is 48.4 Å². The number of aliphatic carboxylic acids is 1. The molecule has 0 aliphatic heterocycles. The molecule has 0 heterocycles. The van der Waals surface area contributed by atoms with Crippen molar-refractivity contribution >= 4 is 11.8 Å². The van der Waals surface area contributed by atoms with Gasteiger partial charge in [-0.3, -0.25) is 9.59 Å². The number of rotatable bonds is 4. The van der Waals surface area contributed by atoms with Crippen molar-refractivity contribution in [1.29, 1.82) is 0 Å². The number of carbonyl (C=O) groups excluding carboxylic acids is 1. The van der Waals surface area contributed by atoms with E-state index in [-0.39, 0.29) is 11.7 Å². The van der Waals surface area contributed by atoms with Crippen LogP contribution in [0.4, 0.5) is 0 Å². The summed E-state index contributed by atoms with van der Waals surface area (Å²) in [5, 5.41) is 9.43. The van der Waals surface area contributed by atoms with E-state index in [0.29, 0.717) is 25.2 Å². The molecule has 0 radical (unpaired) electrons. The summed E-state index contributed by atoms with van der Waals surface area (Å²) in [6.07, 6.45) is 2.64. The molecule has 1 aliphatic rings. The zero-order valence-electron chi connectivity index (χ0n) is 14.0. The Kier molecular flexibility index (Phi) is 5.05. The molecule has 0 aromatic heterocycles. The topological polar surface area (TPSA) is 54.4 Å². The van der Waals surface area contributed by atoms with E-state index < -0.39 is 11.9 Å². The summed E-state index contributed by atoms with van der Waals surface area (Å²) in [5.74, 6) is -1.17. The van der Waals surface area contributed by atoms with Crippen molar-refractivity contribution in [3.63, 3.8) is 0 Å². The fourth-order valence-corrected chi connectivity index (χ4v) is 3.83. The lowest BCUT2D eigenvalue weighted by atomic mass is 9.71. The molecule has 1 fully saturated rings. The Morgan fingerprint density at radius 1 is 1.09 bits per heavy atom. The van der Waals surface area contributed by atoms with Crippen molar-refractivity contribution in [3.8, 4) is 0 Å². The lowest BCUT2D eigenvalue weighted by molar-refractivity contribution is -0.149. The number of ketones is 1. The molecule has 3 atom stereocenters. The summed E-state index contributed by atoms with van der Waals surface area (Å²) in [6, 6.07) is 4.18. The van der Waals surface area contributed by atoms with Crippen molar-refractivity contribution < 1.29 is 14.7 Å². The molecule has 0 saturated heterocycles. The van der Waals surface area contributed by atoms with Gasteiger partial charge in [-0.15, -0.1) is 0 Å². The van der Waals surface area contributed by atoms with Gasteiger partial charge in [-0.2, -0.15) is 0 Å². The molecule has 0 amide bonds. The number of aryl methyl sites for hydroxylation is 3. The van der Waals surface area contributed by atoms with Crippen molar-refractivity contribution in [3.05, 3.63) is 34.4 Å². The minimum atomic E-state index is -0.817. The number of hydrogen-bond donors (Lipinski definition) is 1. The van der Waals surface area contributed by atoms with Crippen LogP contribution in [0, 0.1) is 38.5 Å². The highest BCUT2D eigenvalue weighted by atomic mass is 16.4. The van der Waals surface area contributed by atoms with Gasteiger partial charge in [0.2, 0.25) is 0 Å². The molecular weight excluding hydrogens is 276 g/mol. The van der Waals surface area contributed by atoms with Crippen LogP contribution in [0.5, 0.6) is 0 Å². The second-order valence-electron chi connectivity index (χ2n) is 6.99. The number of carboxylic acid groups (broad SMARTS) is 1. The molecule has 1 saturated carbocycles. The molecule has 3 heteroatoms. The number of carbonyl (C=O) groups is 2. The van der Waals surface area contributed by atoms with Gasteiger partial charge in [-0.1, -0.05) is 24.6 Å². The maximum atomic E-state index is 12.7. The molecule has 120 valence electrons. The van der Waals surface area contributed by atoms with E-state index in [1.807, 2.05) is 13.8 Å². The Hall–Kier alpha value is -1.64. The first-order valence-electron chi connectivity index (χ1n) is 8.11. The van der Waals surface area contributed by atoms with Crippen LogP contribution in [0.2, 0.25) is 0 Å². The quantitative estimate of drug-likeness (QED) is 0.919. The highest BCUT2D eigenvalue weighted by molar-refractivity contribution is 5.88. The van der Waals surface area contributed by atoms with E-state index in [1.165, 1.54) is 5.56 Å². The SMILES string of the molecule is Cc1cc(C)c(CC(=O)C2CCC(C)CC2C(=O)O)c(C)c1. The summed E-state index contributed by atoms with van der Waals surface area (Å²) >= 11 is 0. The lowest BCUT2D eigenvalue weighted by Crippen LogP contribution is -2.36. The predicted octanol–water partition coefficient (Wildman–Crippen LogP) is 3.86. The van der Waals surface area contributed by atoms with Gasteiger partial charge in [-0.25, -0.2) is 0 Å². The number of benzene rings is 1. The zero-order chi connectivity index (χ0) is 16.4. The summed E-state index contributed by atoms with van der Waals surface area (Å²) in [5.41, 5.74) is 4.52. The van der Waals surface area contributed by atoms with Crippen molar-refractivity contribution in [1.82, 2.24) is 0 Å². The number of carboxylic acids is 1. The highest BCUT2D eigenvalue weighted by Gasteiger charge is 2.37. The van der Waals surface area contributed by atoms with E-state index in [0.717, 1.165) is 23.1 Å². The number of hydrogen-bond acceptors (Lipinski definition) is 2. The molecule has 22 heavy (non-hydrogen) atoms. The first kappa shape index (κ1) is 16.7. The molecule has 3 unspecified atom stereocenters. The van der Waals surface area contributed by atoms with Crippen molar-refractivity contribution in [2.24, 2.45) is 17.8 Å². The Bertz CT molecular complexity index is 565. The van der Waals surface area contributed by atoms with Crippen LogP contribution in [-0.4, -0.2) is 16.9 Å². The third kappa shape index (κ3) is 3.57. The summed E-state index contributed by atoms with van der Waals surface area (Å²) < 4.78 is 0. The van der Waals surface area contributed by atoms with E-state index in [2.05, 4.69) is 26.0 Å². The Labute approximate surface area is 132 Å². The van der Waals surface area contributed by atoms with E-state index in [9.17, 15) is 14.7 Å². The van der Waals surface area contributed by atoms with Gasteiger partial charge in [0, 0.05) is 12.3 Å². The highest BCUT2D eigenvalue weighted by Crippen LogP contribution is 2.35. The maximum absolute atomic E-state index is 12.7. The van der Waals surface area contributed by atoms with Crippen LogP contribution >= 0.6 is 0 Å². The monoisotopic (exact) mass is 302 g/mol. The largest absolute Gasteiger partial charge is 0.481 e. The van der Waals surface area contributed by atoms with Gasteiger partial charge in [0.05, 0.1) is 5.92 Å². The van der Waals surface area contributed by atoms with Crippen molar-refractivity contribution in [2.45, 2.75) is 53.4 Å². The summed E-state index contributed by atoms with van der Waals surface area (Å²) in [7, 11) is 0. The van der Waals surface area contributed by atoms with Gasteiger partial charge in [-0.05, 0) is 62.6 Å². The van der Waals surface area contributed by atoms with Crippen LogP contribution in [-0.2, 0) is 16.0 Å². The molecule has 0 spiro atoms. The van der Waals surface area contributed by atoms with E-state index in [1.54, 1.807) is 0 Å². The second kappa shape index (κ2) is 6.64. The standard InChI is InChI=1S/C19H26O3/c1-11-5-6-15(17(9-11)19(21)22)18(20)10-16-13(3)7-12(2)8-14(16)4/h7-8,11,15,17H,5-6,9-10H2,1-4H3,(H,21,22). The molecule has 1 aromatic rings. The fraction of sp³-hybridized carbons (Fsp3) is 0.579. The van der Waals surface area contributed by atoms with Gasteiger partial charge < -0.3 is 5.11 Å². The summed E-state index contributed by atoms with van der Waals surface area (Å²) in [4.78, 5) is 24.2. The Morgan fingerprint density at radius 2 is 1.68 bits per heavy atom. The minimum absolute atomic E-state index is 0.0920. The average Bonchev–Trinajstić information content (AvgIpc) is 2.42. The van der Waals surface area contributed by atoms with E-state index >= 15 is 0 Å². The Morgan fingerprint density at radius 3 is 2.23 bits per heavy atom. The smallest absolute Gasteiger partial charge is 0.307 e. The number of Topliss-reactive ketones (excluding diaryl/α,β-unsaturated/α-hetero) is 1. The van der Waals surface area contributed by atoms with Gasteiger partial charge >= 0.3 is 5.97 Å². The van der Waals surface area contributed by atoms with Gasteiger partial charge in [0.1, 0.15) is 5.78 Å². The summed E-state index contributed by atoms with van der Waals surface area (Å²) in [6.45, 7) is 8.18. The van der Waals surface area contributed by atoms with E-state index in [4.69, 9.17) is 0 Å². The Balaban J connectivity index is 2.19. The molecule has 1 aromatic carbocycles. The fourth-order valence-electron chi connectivity index (χ4n) is 3.83. The van der Waals surface area contributed by atoms with Crippen LogP contribution in [0.15, 0.2) is 12.1 Å². The normalized spacial score (nSPS) is 25.0. The first-order valence-corrected chi connectivity index (χ1v) is 8.11. The third-order valence-corrected chi connectivity index (χ3v) is 5.03. The van der Waals surface area contributed by atoms with Crippen molar-refractivity contribution in [2.75, 3.05) is 0 Å². The lowest BCUT2D eigenvalue weighted by Gasteiger charge is -2.31. The molecule has 1 N–H and O–H groups in total. The van der Waals surface area contributed by atoms with Crippen LogP contribution in [0.25, 0.3) is 0 Å². The minimum Gasteiger partial charge on any atom is -0.481 e. The van der Waals surface area contributed by atoms with Crippen LogP contribution < -0.4 is 0 Å². The molecule has 3 nitrogen and oxygen atoms in total. The second-order valence-corrected chi connectivity index (χ2v) is 6.99. The first-order chi connectivity index (χ1) is 10.3. The molecule has 2 rings (SSSR count). The predicted molar refractivity (Wildman–Crippen MR) is 87.0 cm³/mol. The zero-order valence-corrected chi connectivity index (χ0v) is 14.0. The molecular formula is C19H26O3. The molecule has 1 aliphatic carbocycles.